The van der Waals surface area contributed by atoms with E-state index in [0.29, 0.717) is 23.7 Å². The fraction of sp³-hybridized carbons (Fsp3) is 0.870. The van der Waals surface area contributed by atoms with E-state index in [0.717, 1.165) is 44.9 Å². The molecule has 0 unspecified atom stereocenters. The van der Waals surface area contributed by atoms with Crippen LogP contribution in [0.25, 0.3) is 0 Å². The van der Waals surface area contributed by atoms with E-state index in [1.165, 1.54) is 13.3 Å². The highest BCUT2D eigenvalue weighted by atomic mass is 16.5. The third-order valence-electron chi connectivity index (χ3n) is 9.00. The number of fused-ring (bicyclic) bond motifs is 5. The smallest absolute Gasteiger partial charge is 0.302 e. The third-order valence-corrected chi connectivity index (χ3v) is 9.00. The number of ether oxygens (including phenoxy) is 1. The largest absolute Gasteiger partial charge is 0.463 e. The minimum Gasteiger partial charge on any atom is -0.463 e. The van der Waals surface area contributed by atoms with Gasteiger partial charge in [-0.05, 0) is 92.8 Å². The average molecular weight is 377 g/mol. The van der Waals surface area contributed by atoms with Crippen LogP contribution in [-0.2, 0) is 9.53 Å². The summed E-state index contributed by atoms with van der Waals surface area (Å²) in [5, 5.41) is 20.9. The molecular weight excluding hydrogens is 340 g/mol. The molecule has 8 atom stereocenters. The maximum atomic E-state index is 11.4. The molecule has 3 fully saturated rings. The Labute approximate surface area is 163 Å². The molecule has 0 aromatic carbocycles. The van der Waals surface area contributed by atoms with Crippen molar-refractivity contribution in [1.82, 2.24) is 0 Å². The minimum absolute atomic E-state index is 0.00927. The van der Waals surface area contributed by atoms with E-state index in [4.69, 9.17) is 4.74 Å². The van der Waals surface area contributed by atoms with Crippen molar-refractivity contribution < 1.29 is 19.7 Å². The maximum Gasteiger partial charge on any atom is 0.302 e. The van der Waals surface area contributed by atoms with Crippen LogP contribution < -0.4 is 0 Å². The highest BCUT2D eigenvalue weighted by molar-refractivity contribution is 5.66. The summed E-state index contributed by atoms with van der Waals surface area (Å²) in [7, 11) is 0. The summed E-state index contributed by atoms with van der Waals surface area (Å²) in [5.41, 5.74) is 1.70. The number of aliphatic hydroxyl groups is 2. The molecule has 4 heteroatoms. The molecule has 0 aliphatic heterocycles. The Morgan fingerprint density at radius 1 is 1.30 bits per heavy atom. The second-order valence-corrected chi connectivity index (χ2v) is 10.1. The van der Waals surface area contributed by atoms with Gasteiger partial charge in [0, 0.05) is 13.5 Å². The molecule has 2 N–H and O–H groups in total. The van der Waals surface area contributed by atoms with Gasteiger partial charge in [0.15, 0.2) is 0 Å². The van der Waals surface area contributed by atoms with Crippen LogP contribution in [0, 0.1) is 34.5 Å². The van der Waals surface area contributed by atoms with Crippen LogP contribution in [0.2, 0.25) is 0 Å². The van der Waals surface area contributed by atoms with E-state index in [1.54, 1.807) is 5.57 Å². The monoisotopic (exact) mass is 376 g/mol. The van der Waals surface area contributed by atoms with Gasteiger partial charge in [-0.15, -0.1) is 0 Å². The zero-order valence-electron chi connectivity index (χ0n) is 17.1. The number of hydrogen-bond donors (Lipinski definition) is 2. The molecule has 152 valence electrons. The number of carbonyl (C=O) groups is 1. The fourth-order valence-electron chi connectivity index (χ4n) is 7.76. The quantitative estimate of drug-likeness (QED) is 0.580. The Balaban J connectivity index is 1.58. The summed E-state index contributed by atoms with van der Waals surface area (Å²) in [6.45, 7) is 6.07. The summed E-state index contributed by atoms with van der Waals surface area (Å²) < 4.78 is 5.53. The first-order chi connectivity index (χ1) is 12.8. The second-order valence-electron chi connectivity index (χ2n) is 10.1. The van der Waals surface area contributed by atoms with E-state index < -0.39 is 0 Å². The van der Waals surface area contributed by atoms with E-state index in [2.05, 4.69) is 13.0 Å². The van der Waals surface area contributed by atoms with Crippen molar-refractivity contribution in [2.24, 2.45) is 34.5 Å². The number of allylic oxidation sites excluding steroid dienone is 2. The highest BCUT2D eigenvalue weighted by Crippen LogP contribution is 2.66. The minimum atomic E-state index is -0.261. The molecule has 4 rings (SSSR count). The van der Waals surface area contributed by atoms with Crippen LogP contribution in [-0.4, -0.2) is 35.0 Å². The number of rotatable bonds is 3. The first-order valence-electron chi connectivity index (χ1n) is 11.0. The molecule has 3 saturated carbocycles. The Morgan fingerprint density at radius 2 is 2.07 bits per heavy atom. The van der Waals surface area contributed by atoms with Crippen LogP contribution in [0.3, 0.4) is 0 Å². The molecular formula is C23H36O4. The molecule has 0 aromatic rings. The molecule has 0 aromatic heterocycles. The normalized spacial score (nSPS) is 47.3. The van der Waals surface area contributed by atoms with Crippen LogP contribution >= 0.6 is 0 Å². The van der Waals surface area contributed by atoms with Gasteiger partial charge >= 0.3 is 5.97 Å². The van der Waals surface area contributed by atoms with Crippen molar-refractivity contribution >= 4 is 5.97 Å². The summed E-state index contributed by atoms with van der Waals surface area (Å²) in [5.74, 6) is 1.71. The molecule has 27 heavy (non-hydrogen) atoms. The molecule has 0 amide bonds. The molecule has 4 nitrogen and oxygen atoms in total. The number of hydrogen-bond acceptors (Lipinski definition) is 4. The van der Waals surface area contributed by atoms with Crippen molar-refractivity contribution in [3.05, 3.63) is 11.6 Å². The molecule has 0 heterocycles. The zero-order valence-corrected chi connectivity index (χ0v) is 17.1. The first-order valence-corrected chi connectivity index (χ1v) is 11.0. The topological polar surface area (TPSA) is 66.8 Å². The van der Waals surface area contributed by atoms with Gasteiger partial charge in [-0.2, -0.15) is 0 Å². The van der Waals surface area contributed by atoms with Gasteiger partial charge in [-0.25, -0.2) is 0 Å². The van der Waals surface area contributed by atoms with Crippen LogP contribution in [0.15, 0.2) is 11.6 Å². The van der Waals surface area contributed by atoms with Crippen LogP contribution in [0.4, 0.5) is 0 Å². The van der Waals surface area contributed by atoms with Gasteiger partial charge < -0.3 is 14.9 Å². The SMILES string of the molecule is CC(=O)O[C@H]1CC[C@@]2(CO)[C@@H](CC[C@H]3C4=CC[C@H]([C@H](C)O)[C@@]4(C)CC[C@@H]32)C1. The van der Waals surface area contributed by atoms with E-state index >= 15 is 0 Å². The van der Waals surface area contributed by atoms with Gasteiger partial charge in [0.05, 0.1) is 6.10 Å². The van der Waals surface area contributed by atoms with Gasteiger partial charge in [-0.3, -0.25) is 4.79 Å². The standard InChI is InChI=1S/C23H36O4/c1-14(25)19-6-7-20-18-5-4-16-12-17(27-15(2)26)8-11-23(16,13-24)21(18)9-10-22(19,20)3/h7,14,16-19,21,24-25H,4-6,8-13H2,1-3H3/t14-,16-,17-,18-,19+,21-,22+,23+/m0/s1. The lowest BCUT2D eigenvalue weighted by atomic mass is 9.45. The molecule has 4 aliphatic carbocycles. The van der Waals surface area contributed by atoms with E-state index in [9.17, 15) is 15.0 Å². The lowest BCUT2D eigenvalue weighted by molar-refractivity contribution is -0.160. The van der Waals surface area contributed by atoms with Crippen molar-refractivity contribution in [1.29, 1.82) is 0 Å². The molecule has 4 aliphatic rings. The molecule has 0 saturated heterocycles. The average Bonchev–Trinajstić information content (AvgIpc) is 2.98. The number of esters is 1. The highest BCUT2D eigenvalue weighted by Gasteiger charge is 2.59. The Morgan fingerprint density at radius 3 is 2.74 bits per heavy atom. The summed E-state index contributed by atoms with van der Waals surface area (Å²) in [4.78, 5) is 11.4. The second kappa shape index (κ2) is 6.88. The van der Waals surface area contributed by atoms with Crippen molar-refractivity contribution in [3.8, 4) is 0 Å². The zero-order chi connectivity index (χ0) is 19.4. The summed E-state index contributed by atoms with van der Waals surface area (Å²) in [6.07, 6.45) is 10.5. The summed E-state index contributed by atoms with van der Waals surface area (Å²) >= 11 is 0. The lowest BCUT2D eigenvalue weighted by Crippen LogP contribution is -2.55. The van der Waals surface area contributed by atoms with E-state index in [-0.39, 0.29) is 35.6 Å². The molecule has 0 spiro atoms. The molecule has 0 bridgehead atoms. The van der Waals surface area contributed by atoms with Crippen molar-refractivity contribution in [3.63, 3.8) is 0 Å². The third kappa shape index (κ3) is 2.90. The number of aliphatic hydroxyl groups excluding tert-OH is 2. The predicted molar refractivity (Wildman–Crippen MR) is 104 cm³/mol. The maximum absolute atomic E-state index is 11.4. The van der Waals surface area contributed by atoms with Gasteiger partial charge in [0.2, 0.25) is 0 Å². The first kappa shape index (κ1) is 19.4. The molecule has 0 radical (unpaired) electrons. The van der Waals surface area contributed by atoms with Gasteiger partial charge in [0.1, 0.15) is 6.10 Å². The number of carbonyl (C=O) groups excluding carboxylic acids is 1. The predicted octanol–water partition coefficient (Wildman–Crippen LogP) is 3.85. The van der Waals surface area contributed by atoms with Crippen molar-refractivity contribution in [2.75, 3.05) is 6.61 Å². The van der Waals surface area contributed by atoms with Gasteiger partial charge in [-0.1, -0.05) is 18.6 Å². The Hall–Kier alpha value is -0.870. The fourth-order valence-corrected chi connectivity index (χ4v) is 7.76. The van der Waals surface area contributed by atoms with Crippen molar-refractivity contribution in [2.45, 2.75) is 84.3 Å². The summed E-state index contributed by atoms with van der Waals surface area (Å²) in [6, 6.07) is 0. The van der Waals surface area contributed by atoms with Crippen LogP contribution in [0.5, 0.6) is 0 Å². The van der Waals surface area contributed by atoms with Gasteiger partial charge in [0.25, 0.3) is 0 Å². The Bertz CT molecular complexity index is 626. The Kier molecular flexibility index (Phi) is 4.95. The van der Waals surface area contributed by atoms with E-state index in [1.807, 2.05) is 6.92 Å². The lowest BCUT2D eigenvalue weighted by Gasteiger charge is -2.60. The van der Waals surface area contributed by atoms with Crippen LogP contribution in [0.1, 0.15) is 72.1 Å².